The van der Waals surface area contributed by atoms with Gasteiger partial charge in [-0.1, -0.05) is 11.8 Å². The van der Waals surface area contributed by atoms with Crippen molar-refractivity contribution in [1.82, 2.24) is 14.9 Å². The second-order valence-electron chi connectivity index (χ2n) is 3.79. The lowest BCUT2D eigenvalue weighted by Crippen LogP contribution is -2.19. The Hall–Kier alpha value is -1.28. The van der Waals surface area contributed by atoms with Crippen molar-refractivity contribution in [2.24, 2.45) is 0 Å². The third-order valence-electron chi connectivity index (χ3n) is 2.49. The highest BCUT2D eigenvalue weighted by molar-refractivity contribution is 7.99. The number of ether oxygens (including phenoxy) is 1. The topological polar surface area (TPSA) is 103 Å². The molecule has 2 rings (SSSR count). The molecule has 17 heavy (non-hydrogen) atoms. The Labute approximate surface area is 102 Å². The van der Waals surface area contributed by atoms with Gasteiger partial charge >= 0.3 is 5.97 Å². The first kappa shape index (κ1) is 12.2. The van der Waals surface area contributed by atoms with Gasteiger partial charge in [0.25, 0.3) is 0 Å². The molecular weight excluding hydrogens is 244 g/mol. The standard InChI is InChI=1S/C9H14N4O3S/c10-13-7(4-6-2-1-3-16-6)11-12-9(13)17-5-8(14)15/h6H,1-5,10H2,(H,14,15). The lowest BCUT2D eigenvalue weighted by Gasteiger charge is -2.08. The second kappa shape index (κ2) is 5.37. The maximum absolute atomic E-state index is 10.4. The summed E-state index contributed by atoms with van der Waals surface area (Å²) in [6.07, 6.45) is 2.84. The lowest BCUT2D eigenvalue weighted by atomic mass is 10.2. The second-order valence-corrected chi connectivity index (χ2v) is 4.73. The van der Waals surface area contributed by atoms with Gasteiger partial charge in [-0.05, 0) is 12.8 Å². The largest absolute Gasteiger partial charge is 0.481 e. The van der Waals surface area contributed by atoms with Crippen molar-refractivity contribution in [2.75, 3.05) is 18.2 Å². The number of nitrogens with zero attached hydrogens (tertiary/aromatic N) is 3. The Balaban J connectivity index is 1.96. The molecule has 1 aliphatic heterocycles. The summed E-state index contributed by atoms with van der Waals surface area (Å²) < 4.78 is 6.82. The Morgan fingerprint density at radius 3 is 3.12 bits per heavy atom. The van der Waals surface area contributed by atoms with Crippen molar-refractivity contribution in [1.29, 1.82) is 0 Å². The third-order valence-corrected chi connectivity index (χ3v) is 3.42. The number of aromatic nitrogens is 3. The van der Waals surface area contributed by atoms with Gasteiger partial charge in [0, 0.05) is 13.0 Å². The molecule has 0 radical (unpaired) electrons. The molecule has 7 nitrogen and oxygen atoms in total. The summed E-state index contributed by atoms with van der Waals surface area (Å²) in [5.41, 5.74) is 0. The minimum atomic E-state index is -0.904. The van der Waals surface area contributed by atoms with Gasteiger partial charge in [0.05, 0.1) is 11.9 Å². The average molecular weight is 258 g/mol. The van der Waals surface area contributed by atoms with E-state index in [9.17, 15) is 4.79 Å². The Morgan fingerprint density at radius 2 is 2.47 bits per heavy atom. The number of nitrogens with two attached hydrogens (primary N) is 1. The Kier molecular flexibility index (Phi) is 3.85. The molecule has 1 aromatic heterocycles. The molecule has 8 heteroatoms. The number of carboxylic acid groups (broad SMARTS) is 1. The third kappa shape index (κ3) is 3.10. The number of nitrogen functional groups attached to an aromatic ring is 1. The molecule has 1 unspecified atom stereocenters. The van der Waals surface area contributed by atoms with Crippen LogP contribution >= 0.6 is 11.8 Å². The number of hydrogen-bond donors (Lipinski definition) is 2. The van der Waals surface area contributed by atoms with Crippen LogP contribution in [0.4, 0.5) is 0 Å². The molecule has 1 saturated heterocycles. The number of carbonyl (C=O) groups is 1. The maximum atomic E-state index is 10.4. The molecule has 0 amide bonds. The van der Waals surface area contributed by atoms with Gasteiger partial charge in [-0.2, -0.15) is 0 Å². The fourth-order valence-electron chi connectivity index (χ4n) is 1.68. The van der Waals surface area contributed by atoms with Crippen molar-refractivity contribution in [2.45, 2.75) is 30.5 Å². The fourth-order valence-corrected chi connectivity index (χ4v) is 2.28. The van der Waals surface area contributed by atoms with Gasteiger partial charge in [-0.3, -0.25) is 4.79 Å². The zero-order chi connectivity index (χ0) is 12.3. The first-order chi connectivity index (χ1) is 8.16. The number of rotatable bonds is 5. The van der Waals surface area contributed by atoms with Crippen LogP contribution in [-0.2, 0) is 16.0 Å². The summed E-state index contributed by atoms with van der Waals surface area (Å²) in [7, 11) is 0. The van der Waals surface area contributed by atoms with Crippen LogP contribution in [0.5, 0.6) is 0 Å². The number of aliphatic carboxylic acids is 1. The highest BCUT2D eigenvalue weighted by atomic mass is 32.2. The predicted octanol–water partition coefficient (Wildman–Crippen LogP) is -0.110. The molecular formula is C9H14N4O3S. The van der Waals surface area contributed by atoms with Crippen molar-refractivity contribution in [3.8, 4) is 0 Å². The fraction of sp³-hybridized carbons (Fsp3) is 0.667. The minimum Gasteiger partial charge on any atom is -0.481 e. The highest BCUT2D eigenvalue weighted by Gasteiger charge is 2.20. The monoisotopic (exact) mass is 258 g/mol. The lowest BCUT2D eigenvalue weighted by molar-refractivity contribution is -0.133. The molecule has 1 aliphatic rings. The van der Waals surface area contributed by atoms with Crippen LogP contribution in [0.1, 0.15) is 18.7 Å². The predicted molar refractivity (Wildman–Crippen MR) is 61.2 cm³/mol. The minimum absolute atomic E-state index is 0.0741. The summed E-state index contributed by atoms with van der Waals surface area (Å²) in [4.78, 5) is 10.4. The van der Waals surface area contributed by atoms with Crippen LogP contribution in [0.2, 0.25) is 0 Å². The van der Waals surface area contributed by atoms with Crippen LogP contribution in [0.15, 0.2) is 5.16 Å². The molecule has 0 bridgehead atoms. The Morgan fingerprint density at radius 1 is 1.65 bits per heavy atom. The quantitative estimate of drug-likeness (QED) is 0.561. The van der Waals surface area contributed by atoms with E-state index in [2.05, 4.69) is 10.2 Å². The van der Waals surface area contributed by atoms with E-state index in [0.717, 1.165) is 31.2 Å². The summed E-state index contributed by atoms with van der Waals surface area (Å²) in [5.74, 6) is 5.44. The van der Waals surface area contributed by atoms with Crippen molar-refractivity contribution < 1.29 is 14.6 Å². The number of carboxylic acids is 1. The molecule has 1 aromatic rings. The molecule has 1 fully saturated rings. The molecule has 94 valence electrons. The number of thioether (sulfide) groups is 1. The summed E-state index contributed by atoms with van der Waals surface area (Å²) in [6.45, 7) is 0.782. The smallest absolute Gasteiger partial charge is 0.313 e. The van der Waals surface area contributed by atoms with Gasteiger partial charge in [-0.25, -0.2) is 4.68 Å². The molecule has 0 saturated carbocycles. The zero-order valence-corrected chi connectivity index (χ0v) is 10.0. The zero-order valence-electron chi connectivity index (χ0n) is 9.20. The molecule has 0 spiro atoms. The van der Waals surface area contributed by atoms with E-state index in [-0.39, 0.29) is 11.9 Å². The molecule has 2 heterocycles. The van der Waals surface area contributed by atoms with E-state index in [1.165, 1.54) is 4.68 Å². The first-order valence-electron chi connectivity index (χ1n) is 5.32. The summed E-state index contributed by atoms with van der Waals surface area (Å²) in [6, 6.07) is 0. The van der Waals surface area contributed by atoms with Crippen LogP contribution in [0.25, 0.3) is 0 Å². The first-order valence-corrected chi connectivity index (χ1v) is 6.31. The van der Waals surface area contributed by atoms with Gasteiger partial charge in [0.1, 0.15) is 0 Å². The van der Waals surface area contributed by atoms with Crippen molar-refractivity contribution in [3.63, 3.8) is 0 Å². The van der Waals surface area contributed by atoms with Crippen LogP contribution in [-0.4, -0.2) is 44.4 Å². The Bertz CT molecular complexity index is 403. The van der Waals surface area contributed by atoms with Crippen molar-refractivity contribution >= 4 is 17.7 Å². The van der Waals surface area contributed by atoms with Crippen LogP contribution in [0.3, 0.4) is 0 Å². The van der Waals surface area contributed by atoms with E-state index in [4.69, 9.17) is 15.7 Å². The van der Waals surface area contributed by atoms with E-state index >= 15 is 0 Å². The van der Waals surface area contributed by atoms with Crippen LogP contribution < -0.4 is 5.84 Å². The molecule has 1 atom stereocenters. The average Bonchev–Trinajstić information content (AvgIpc) is 2.89. The molecule has 3 N–H and O–H groups in total. The maximum Gasteiger partial charge on any atom is 0.313 e. The van der Waals surface area contributed by atoms with Crippen LogP contribution in [0, 0.1) is 0 Å². The van der Waals surface area contributed by atoms with Gasteiger partial charge in [-0.15, -0.1) is 10.2 Å². The summed E-state index contributed by atoms with van der Waals surface area (Å²) >= 11 is 1.06. The van der Waals surface area contributed by atoms with E-state index in [1.807, 2.05) is 0 Å². The van der Waals surface area contributed by atoms with E-state index < -0.39 is 5.97 Å². The van der Waals surface area contributed by atoms with E-state index in [0.29, 0.717) is 17.4 Å². The van der Waals surface area contributed by atoms with Gasteiger partial charge in [0.15, 0.2) is 5.82 Å². The highest BCUT2D eigenvalue weighted by Crippen LogP contribution is 2.18. The molecule has 0 aromatic carbocycles. The van der Waals surface area contributed by atoms with E-state index in [1.54, 1.807) is 0 Å². The molecule has 0 aliphatic carbocycles. The van der Waals surface area contributed by atoms with Crippen molar-refractivity contribution in [3.05, 3.63) is 5.82 Å². The normalized spacial score (nSPS) is 19.6. The SMILES string of the molecule is Nn1c(CC2CCCO2)nnc1SCC(=O)O. The summed E-state index contributed by atoms with van der Waals surface area (Å²) in [5, 5.41) is 16.8. The van der Waals surface area contributed by atoms with Gasteiger partial charge in [0.2, 0.25) is 5.16 Å². The van der Waals surface area contributed by atoms with Gasteiger partial charge < -0.3 is 15.7 Å². The number of hydrogen-bond acceptors (Lipinski definition) is 6.